The van der Waals surface area contributed by atoms with Crippen LogP contribution in [-0.4, -0.2) is 30.6 Å². The molecule has 2 aromatic carbocycles. The third-order valence-corrected chi connectivity index (χ3v) is 4.75. The van der Waals surface area contributed by atoms with Crippen molar-refractivity contribution in [1.82, 2.24) is 4.90 Å². The monoisotopic (exact) mass is 356 g/mol. The van der Waals surface area contributed by atoms with Gasteiger partial charge in [-0.25, -0.2) is 9.18 Å². The summed E-state index contributed by atoms with van der Waals surface area (Å²) in [5, 5.41) is 3.08. The molecule has 0 radical (unpaired) electrons. The van der Waals surface area contributed by atoms with Gasteiger partial charge in [0.1, 0.15) is 11.9 Å². The van der Waals surface area contributed by atoms with Crippen LogP contribution in [0, 0.1) is 12.7 Å². The smallest absolute Gasteiger partial charge is 0.322 e. The number of anilines is 1. The summed E-state index contributed by atoms with van der Waals surface area (Å²) in [7, 11) is 0. The van der Waals surface area contributed by atoms with E-state index in [0.717, 1.165) is 22.4 Å². The first kappa shape index (κ1) is 18.4. The second kappa shape index (κ2) is 7.87. The fourth-order valence-corrected chi connectivity index (χ4v) is 3.24. The van der Waals surface area contributed by atoms with E-state index in [4.69, 9.17) is 4.74 Å². The second-order valence-electron chi connectivity index (χ2n) is 6.98. The Balaban J connectivity index is 1.73. The number of rotatable bonds is 3. The number of halogens is 1. The van der Waals surface area contributed by atoms with Gasteiger partial charge in [-0.3, -0.25) is 0 Å². The van der Waals surface area contributed by atoms with Crippen LogP contribution in [0.1, 0.15) is 42.6 Å². The van der Waals surface area contributed by atoms with Crippen molar-refractivity contribution in [3.63, 3.8) is 0 Å². The number of carbonyl (C=O) groups is 1. The number of carbonyl (C=O) groups excluding carboxylic acids is 1. The number of benzene rings is 2. The molecular formula is C21H25FN2O2. The fraction of sp³-hybridized carbons (Fsp3) is 0.381. The lowest BCUT2D eigenvalue weighted by Gasteiger charge is -2.33. The molecule has 4 nitrogen and oxygen atoms in total. The molecule has 1 N–H and O–H groups in total. The minimum atomic E-state index is -0.278. The summed E-state index contributed by atoms with van der Waals surface area (Å²) in [4.78, 5) is 14.6. The Bertz CT molecular complexity index is 774. The molecule has 1 aliphatic heterocycles. The van der Waals surface area contributed by atoms with Crippen molar-refractivity contribution in [3.05, 3.63) is 65.0 Å². The first-order valence-corrected chi connectivity index (χ1v) is 8.98. The summed E-state index contributed by atoms with van der Waals surface area (Å²) >= 11 is 0. The Morgan fingerprint density at radius 3 is 2.65 bits per heavy atom. The van der Waals surface area contributed by atoms with Crippen LogP contribution in [0.4, 0.5) is 14.9 Å². The molecule has 0 unspecified atom stereocenters. The first-order valence-electron chi connectivity index (χ1n) is 8.98. The topological polar surface area (TPSA) is 41.6 Å². The lowest BCUT2D eigenvalue weighted by molar-refractivity contribution is -0.0135. The van der Waals surface area contributed by atoms with Gasteiger partial charge in [0.05, 0.1) is 13.2 Å². The zero-order chi connectivity index (χ0) is 18.7. The van der Waals surface area contributed by atoms with Crippen molar-refractivity contribution in [2.24, 2.45) is 0 Å². The van der Waals surface area contributed by atoms with Crippen LogP contribution in [-0.2, 0) is 4.74 Å². The van der Waals surface area contributed by atoms with Gasteiger partial charge in [-0.1, -0.05) is 44.2 Å². The average molecular weight is 356 g/mol. The number of hydrogen-bond acceptors (Lipinski definition) is 2. The van der Waals surface area contributed by atoms with Gasteiger partial charge in [-0.05, 0) is 41.7 Å². The van der Waals surface area contributed by atoms with Crippen molar-refractivity contribution >= 4 is 11.7 Å². The maximum atomic E-state index is 13.1. The van der Waals surface area contributed by atoms with Crippen LogP contribution in [0.25, 0.3) is 0 Å². The average Bonchev–Trinajstić information content (AvgIpc) is 2.64. The zero-order valence-electron chi connectivity index (χ0n) is 15.5. The number of para-hydroxylation sites is 1. The van der Waals surface area contributed by atoms with Crippen molar-refractivity contribution < 1.29 is 13.9 Å². The van der Waals surface area contributed by atoms with Crippen LogP contribution >= 0.6 is 0 Å². The number of hydrogen-bond donors (Lipinski definition) is 1. The third kappa shape index (κ3) is 4.05. The molecule has 1 atom stereocenters. The van der Waals surface area contributed by atoms with Crippen LogP contribution < -0.4 is 5.32 Å². The van der Waals surface area contributed by atoms with E-state index in [-0.39, 0.29) is 18.0 Å². The first-order chi connectivity index (χ1) is 12.5. The zero-order valence-corrected chi connectivity index (χ0v) is 15.5. The number of ether oxygens (including phenoxy) is 1. The quantitative estimate of drug-likeness (QED) is 0.853. The maximum Gasteiger partial charge on any atom is 0.322 e. The molecule has 1 aliphatic rings. The van der Waals surface area contributed by atoms with Gasteiger partial charge in [0.2, 0.25) is 0 Å². The summed E-state index contributed by atoms with van der Waals surface area (Å²) in [5.41, 5.74) is 3.94. The van der Waals surface area contributed by atoms with Gasteiger partial charge in [-0.2, -0.15) is 0 Å². The molecule has 1 heterocycles. The van der Waals surface area contributed by atoms with Crippen LogP contribution in [0.2, 0.25) is 0 Å². The SMILES string of the molecule is Cc1cccc(C(C)C)c1NC(=O)N1CCO[C@H](c2ccc(F)cc2)C1. The largest absolute Gasteiger partial charge is 0.370 e. The molecule has 138 valence electrons. The van der Waals surface area contributed by atoms with E-state index in [2.05, 4.69) is 19.2 Å². The number of amides is 2. The Hall–Kier alpha value is -2.40. The normalized spacial score (nSPS) is 17.4. The van der Waals surface area contributed by atoms with Gasteiger partial charge < -0.3 is 15.0 Å². The highest BCUT2D eigenvalue weighted by Gasteiger charge is 2.26. The summed E-state index contributed by atoms with van der Waals surface area (Å²) in [6, 6.07) is 12.2. The van der Waals surface area contributed by atoms with E-state index in [1.807, 2.05) is 25.1 Å². The Morgan fingerprint density at radius 1 is 1.23 bits per heavy atom. The van der Waals surface area contributed by atoms with Gasteiger partial charge >= 0.3 is 6.03 Å². The lowest BCUT2D eigenvalue weighted by atomic mass is 9.98. The molecule has 1 fully saturated rings. The predicted octanol–water partition coefficient (Wildman–Crippen LogP) is 4.86. The van der Waals surface area contributed by atoms with Gasteiger partial charge in [0.15, 0.2) is 0 Å². The van der Waals surface area contributed by atoms with E-state index in [9.17, 15) is 9.18 Å². The third-order valence-electron chi connectivity index (χ3n) is 4.75. The van der Waals surface area contributed by atoms with Crippen molar-refractivity contribution in [1.29, 1.82) is 0 Å². The van der Waals surface area contributed by atoms with Crippen molar-refractivity contribution in [3.8, 4) is 0 Å². The Labute approximate surface area is 154 Å². The Morgan fingerprint density at radius 2 is 1.96 bits per heavy atom. The lowest BCUT2D eigenvalue weighted by Crippen LogP contribution is -2.44. The van der Waals surface area contributed by atoms with Crippen LogP contribution in [0.15, 0.2) is 42.5 Å². The predicted molar refractivity (Wildman–Crippen MR) is 101 cm³/mol. The molecule has 0 aliphatic carbocycles. The van der Waals surface area contributed by atoms with Gasteiger partial charge in [0.25, 0.3) is 0 Å². The molecule has 0 bridgehead atoms. The molecule has 0 spiro atoms. The van der Waals surface area contributed by atoms with Gasteiger partial charge in [-0.15, -0.1) is 0 Å². The number of morpholine rings is 1. The summed E-state index contributed by atoms with van der Waals surface area (Å²) in [6.45, 7) is 7.67. The highest BCUT2D eigenvalue weighted by Crippen LogP contribution is 2.28. The van der Waals surface area contributed by atoms with Crippen LogP contribution in [0.3, 0.4) is 0 Å². The van der Waals surface area contributed by atoms with E-state index in [1.165, 1.54) is 12.1 Å². The molecule has 2 amide bonds. The molecule has 0 aromatic heterocycles. The molecule has 2 aromatic rings. The van der Waals surface area contributed by atoms with E-state index >= 15 is 0 Å². The highest BCUT2D eigenvalue weighted by atomic mass is 19.1. The fourth-order valence-electron chi connectivity index (χ4n) is 3.24. The Kier molecular flexibility index (Phi) is 5.57. The molecule has 26 heavy (non-hydrogen) atoms. The molecule has 5 heteroatoms. The van der Waals surface area contributed by atoms with E-state index in [1.54, 1.807) is 17.0 Å². The van der Waals surface area contributed by atoms with E-state index < -0.39 is 0 Å². The van der Waals surface area contributed by atoms with Crippen LogP contribution in [0.5, 0.6) is 0 Å². The maximum absolute atomic E-state index is 13.1. The summed E-state index contributed by atoms with van der Waals surface area (Å²) < 4.78 is 18.9. The molecular weight excluding hydrogens is 331 g/mol. The second-order valence-corrected chi connectivity index (χ2v) is 6.98. The van der Waals surface area contributed by atoms with Gasteiger partial charge in [0, 0.05) is 12.2 Å². The number of nitrogens with one attached hydrogen (secondary N) is 1. The molecule has 1 saturated heterocycles. The van der Waals surface area contributed by atoms with E-state index in [0.29, 0.717) is 25.6 Å². The standard InChI is InChI=1S/C21H25FN2O2/c1-14(2)18-6-4-5-15(3)20(18)23-21(25)24-11-12-26-19(13-24)16-7-9-17(22)10-8-16/h4-10,14,19H,11-13H2,1-3H3,(H,23,25)/t19-/m0/s1. The number of aryl methyl sites for hydroxylation is 1. The molecule has 0 saturated carbocycles. The summed E-state index contributed by atoms with van der Waals surface area (Å²) in [5.74, 6) is 0.0433. The number of nitrogens with zero attached hydrogens (tertiary/aromatic N) is 1. The highest BCUT2D eigenvalue weighted by molar-refractivity contribution is 5.91. The minimum Gasteiger partial charge on any atom is -0.370 e. The van der Waals surface area contributed by atoms with Crippen molar-refractivity contribution in [2.45, 2.75) is 32.8 Å². The minimum absolute atomic E-state index is 0.128. The van der Waals surface area contributed by atoms with Crippen molar-refractivity contribution in [2.75, 3.05) is 25.0 Å². The summed E-state index contributed by atoms with van der Waals surface area (Å²) in [6.07, 6.45) is -0.239. The number of urea groups is 1. The molecule has 3 rings (SSSR count).